The van der Waals surface area contributed by atoms with Gasteiger partial charge in [0.05, 0.1) is 5.52 Å². The van der Waals surface area contributed by atoms with Crippen LogP contribution in [-0.4, -0.2) is 16.2 Å². The molecule has 0 unspecified atom stereocenters. The van der Waals surface area contributed by atoms with Crippen LogP contribution in [0, 0.1) is 0 Å². The molecular formula is C10H11ClN2O. The number of fused-ring (bicyclic) bond motifs is 1. The zero-order valence-corrected chi connectivity index (χ0v) is 8.66. The van der Waals surface area contributed by atoms with E-state index in [4.69, 9.17) is 16.3 Å². The Morgan fingerprint density at radius 1 is 1.57 bits per heavy atom. The maximum Gasteiger partial charge on any atom is 0.131 e. The summed E-state index contributed by atoms with van der Waals surface area (Å²) in [5.74, 6) is 0. The third-order valence-corrected chi connectivity index (χ3v) is 2.26. The predicted molar refractivity (Wildman–Crippen MR) is 56.4 cm³/mol. The molecule has 2 heterocycles. The lowest BCUT2D eigenvalue weighted by Crippen LogP contribution is -2.00. The number of halogens is 1. The van der Waals surface area contributed by atoms with Crippen LogP contribution in [0.4, 0.5) is 0 Å². The molecule has 0 saturated heterocycles. The average molecular weight is 211 g/mol. The van der Waals surface area contributed by atoms with Crippen molar-refractivity contribution >= 4 is 22.5 Å². The van der Waals surface area contributed by atoms with Crippen molar-refractivity contribution < 1.29 is 4.74 Å². The molecule has 14 heavy (non-hydrogen) atoms. The van der Waals surface area contributed by atoms with Crippen molar-refractivity contribution in [3.8, 4) is 0 Å². The van der Waals surface area contributed by atoms with Crippen molar-refractivity contribution in [2.75, 3.05) is 6.61 Å². The average Bonchev–Trinajstić information content (AvgIpc) is 2.57. The highest BCUT2D eigenvalue weighted by Crippen LogP contribution is 2.17. The molecule has 2 aromatic heterocycles. The number of ether oxygens (including phenoxy) is 1. The molecule has 0 atom stereocenters. The van der Waals surface area contributed by atoms with Gasteiger partial charge in [-0.05, 0) is 19.1 Å². The largest absolute Gasteiger partial charge is 0.361 e. The summed E-state index contributed by atoms with van der Waals surface area (Å²) in [4.78, 5) is 4.01. The molecule has 0 aliphatic heterocycles. The summed E-state index contributed by atoms with van der Waals surface area (Å²) in [7, 11) is 0. The zero-order valence-electron chi connectivity index (χ0n) is 7.90. The molecule has 0 radical (unpaired) electrons. The first-order valence-corrected chi connectivity index (χ1v) is 4.87. The molecule has 2 aromatic rings. The normalized spacial score (nSPS) is 11.0. The van der Waals surface area contributed by atoms with E-state index in [9.17, 15) is 0 Å². The van der Waals surface area contributed by atoms with E-state index in [1.54, 1.807) is 6.20 Å². The molecule has 2 rings (SSSR count). The van der Waals surface area contributed by atoms with Crippen molar-refractivity contribution in [1.29, 1.82) is 0 Å². The molecule has 4 heteroatoms. The molecule has 0 amide bonds. The third-order valence-electron chi connectivity index (χ3n) is 2.06. The number of rotatable bonds is 3. The quantitative estimate of drug-likeness (QED) is 0.729. The van der Waals surface area contributed by atoms with Crippen molar-refractivity contribution in [2.24, 2.45) is 0 Å². The Morgan fingerprint density at radius 2 is 2.43 bits per heavy atom. The lowest BCUT2D eigenvalue weighted by molar-refractivity contribution is 0.0909. The monoisotopic (exact) mass is 210 g/mol. The van der Waals surface area contributed by atoms with Gasteiger partial charge in [0.2, 0.25) is 0 Å². The fraction of sp³-hybridized carbons (Fsp3) is 0.300. The first-order chi connectivity index (χ1) is 6.81. The highest BCUT2D eigenvalue weighted by molar-refractivity contribution is 6.30. The molecule has 0 aromatic carbocycles. The molecule has 0 aliphatic rings. The summed E-state index contributed by atoms with van der Waals surface area (Å²) >= 11 is 5.82. The van der Waals surface area contributed by atoms with Crippen LogP contribution in [0.1, 0.15) is 6.92 Å². The van der Waals surface area contributed by atoms with Crippen molar-refractivity contribution in [3.63, 3.8) is 0 Å². The Kier molecular flexibility index (Phi) is 2.70. The minimum Gasteiger partial charge on any atom is -0.361 e. The molecule has 0 fully saturated rings. The van der Waals surface area contributed by atoms with Crippen molar-refractivity contribution in [1.82, 2.24) is 9.55 Å². The van der Waals surface area contributed by atoms with E-state index in [-0.39, 0.29) is 0 Å². The van der Waals surface area contributed by atoms with Crippen LogP contribution in [0.3, 0.4) is 0 Å². The van der Waals surface area contributed by atoms with Gasteiger partial charge in [0.25, 0.3) is 0 Å². The van der Waals surface area contributed by atoms with Crippen LogP contribution >= 0.6 is 11.6 Å². The maximum absolute atomic E-state index is 5.82. The van der Waals surface area contributed by atoms with Gasteiger partial charge in [0.1, 0.15) is 11.9 Å². The molecule has 0 bridgehead atoms. The van der Waals surface area contributed by atoms with E-state index >= 15 is 0 Å². The van der Waals surface area contributed by atoms with E-state index in [1.807, 2.05) is 29.8 Å². The summed E-state index contributed by atoms with van der Waals surface area (Å²) in [5, 5.41) is 1.59. The lowest BCUT2D eigenvalue weighted by Gasteiger charge is -2.04. The van der Waals surface area contributed by atoms with Crippen LogP contribution < -0.4 is 0 Å². The van der Waals surface area contributed by atoms with Crippen LogP contribution in [0.15, 0.2) is 24.5 Å². The van der Waals surface area contributed by atoms with Gasteiger partial charge in [0, 0.05) is 24.4 Å². The van der Waals surface area contributed by atoms with E-state index in [0.717, 1.165) is 10.9 Å². The molecule has 0 spiro atoms. The Morgan fingerprint density at radius 3 is 3.21 bits per heavy atom. The Hall–Kier alpha value is -1.06. The fourth-order valence-corrected chi connectivity index (χ4v) is 1.51. The minimum atomic E-state index is 0.508. The number of hydrogen-bond acceptors (Lipinski definition) is 2. The fourth-order valence-electron chi connectivity index (χ4n) is 1.36. The van der Waals surface area contributed by atoms with Crippen molar-refractivity contribution in [2.45, 2.75) is 13.7 Å². The van der Waals surface area contributed by atoms with Crippen molar-refractivity contribution in [3.05, 3.63) is 29.7 Å². The first-order valence-electron chi connectivity index (χ1n) is 4.49. The zero-order chi connectivity index (χ0) is 9.97. The van der Waals surface area contributed by atoms with Crippen LogP contribution in [0.5, 0.6) is 0 Å². The maximum atomic E-state index is 5.82. The van der Waals surface area contributed by atoms with Gasteiger partial charge in [-0.1, -0.05) is 11.6 Å². The van der Waals surface area contributed by atoms with Crippen LogP contribution in [0.2, 0.25) is 5.15 Å². The Bertz CT molecular complexity index is 439. The standard InChI is InChI=1S/C10H11ClN2O/c1-2-14-7-13-4-3-8-6-12-10(11)5-9(8)13/h3-6H,2,7H2,1H3. The van der Waals surface area contributed by atoms with Gasteiger partial charge in [-0.25, -0.2) is 4.98 Å². The smallest absolute Gasteiger partial charge is 0.131 e. The molecule has 0 aliphatic carbocycles. The topological polar surface area (TPSA) is 27.1 Å². The van der Waals surface area contributed by atoms with E-state index < -0.39 is 0 Å². The van der Waals surface area contributed by atoms with Crippen LogP contribution in [-0.2, 0) is 11.5 Å². The molecule has 74 valence electrons. The van der Waals surface area contributed by atoms with Gasteiger partial charge in [0.15, 0.2) is 0 Å². The van der Waals surface area contributed by atoms with E-state index in [0.29, 0.717) is 18.5 Å². The number of hydrogen-bond donors (Lipinski definition) is 0. The SMILES string of the molecule is CCOCn1ccc2cnc(Cl)cc21. The molecular weight excluding hydrogens is 200 g/mol. The predicted octanol–water partition coefficient (Wildman–Crippen LogP) is 2.68. The lowest BCUT2D eigenvalue weighted by atomic mass is 10.3. The first kappa shape index (κ1) is 9.49. The summed E-state index contributed by atoms with van der Waals surface area (Å²) in [6.07, 6.45) is 3.73. The van der Waals surface area contributed by atoms with Crippen LogP contribution in [0.25, 0.3) is 10.9 Å². The van der Waals surface area contributed by atoms with Gasteiger partial charge in [-0.15, -0.1) is 0 Å². The Labute approximate surface area is 87.3 Å². The number of aromatic nitrogens is 2. The summed E-state index contributed by atoms with van der Waals surface area (Å²) in [6.45, 7) is 3.24. The highest BCUT2D eigenvalue weighted by atomic mass is 35.5. The van der Waals surface area contributed by atoms with Gasteiger partial charge < -0.3 is 9.30 Å². The molecule has 0 saturated carbocycles. The van der Waals surface area contributed by atoms with E-state index in [1.165, 1.54) is 0 Å². The van der Waals surface area contributed by atoms with E-state index in [2.05, 4.69) is 4.98 Å². The Balaban J connectivity index is 2.40. The minimum absolute atomic E-state index is 0.508. The summed E-state index contributed by atoms with van der Waals surface area (Å²) in [5.41, 5.74) is 1.05. The second-order valence-corrected chi connectivity index (χ2v) is 3.36. The second-order valence-electron chi connectivity index (χ2n) is 2.97. The molecule has 3 nitrogen and oxygen atoms in total. The molecule has 0 N–H and O–H groups in total. The number of nitrogens with zero attached hydrogens (tertiary/aromatic N) is 2. The third kappa shape index (κ3) is 1.74. The summed E-state index contributed by atoms with van der Waals surface area (Å²) in [6, 6.07) is 3.84. The summed E-state index contributed by atoms with van der Waals surface area (Å²) < 4.78 is 7.33. The number of pyridine rings is 1. The van der Waals surface area contributed by atoms with Gasteiger partial charge in [-0.3, -0.25) is 0 Å². The van der Waals surface area contributed by atoms with Gasteiger partial charge in [-0.2, -0.15) is 0 Å². The van der Waals surface area contributed by atoms with Gasteiger partial charge >= 0.3 is 0 Å². The highest BCUT2D eigenvalue weighted by Gasteiger charge is 2.01. The second kappa shape index (κ2) is 3.98.